The van der Waals surface area contributed by atoms with Crippen molar-refractivity contribution in [2.24, 2.45) is 0 Å². The van der Waals surface area contributed by atoms with Crippen molar-refractivity contribution in [1.29, 1.82) is 0 Å². The number of unbranched alkanes of at least 4 members (excludes halogenated alkanes) is 1. The predicted octanol–water partition coefficient (Wildman–Crippen LogP) is 5.28. The number of nitrogens with zero attached hydrogens (tertiary/aromatic N) is 2. The third-order valence-electron chi connectivity index (χ3n) is 5.80. The topological polar surface area (TPSA) is 79.0 Å². The van der Waals surface area contributed by atoms with Crippen LogP contribution in [0.3, 0.4) is 0 Å². The number of thiophene rings is 2. The minimum Gasteiger partial charge on any atom is -0.445 e. The number of rotatable bonds is 13. The summed E-state index contributed by atoms with van der Waals surface area (Å²) in [6, 6.07) is 16.9. The Hall–Kier alpha value is -3.17. The molecule has 1 atom stereocenters. The lowest BCUT2D eigenvalue weighted by molar-refractivity contribution is -0.144. The number of alkyl carbamates (subject to hydrolysis) is 1. The molecule has 3 amide bonds. The van der Waals surface area contributed by atoms with Crippen molar-refractivity contribution in [1.82, 2.24) is 15.1 Å². The molecular formula is C27H33N3O4S2. The molecule has 7 nitrogen and oxygen atoms in total. The molecule has 0 saturated heterocycles. The molecule has 0 unspecified atom stereocenters. The van der Waals surface area contributed by atoms with Crippen LogP contribution in [-0.2, 0) is 34.0 Å². The zero-order valence-corrected chi connectivity index (χ0v) is 22.4. The standard InChI is InChI=1S/C27H33N3O4S2/c1-21(31)29(2)25(14-6-7-15-28-27(33)34-20-22-10-4-3-5-11-22)26(32)30(18-23-12-8-16-35-23)19-24-13-9-17-36-24/h3-5,8-13,16-17,25H,6-7,14-15,18-20H2,1-2H3,(H,28,33)/t25-/m0/s1. The van der Waals surface area contributed by atoms with Gasteiger partial charge in [-0.2, -0.15) is 0 Å². The molecule has 1 N–H and O–H groups in total. The molecule has 192 valence electrons. The van der Waals surface area contributed by atoms with Gasteiger partial charge in [0.2, 0.25) is 11.8 Å². The second-order valence-corrected chi connectivity index (χ2v) is 10.5. The van der Waals surface area contributed by atoms with Crippen molar-refractivity contribution >= 4 is 40.6 Å². The van der Waals surface area contributed by atoms with Gasteiger partial charge in [0.1, 0.15) is 12.6 Å². The fourth-order valence-electron chi connectivity index (χ4n) is 3.73. The van der Waals surface area contributed by atoms with Gasteiger partial charge in [-0.25, -0.2) is 4.79 Å². The summed E-state index contributed by atoms with van der Waals surface area (Å²) < 4.78 is 5.23. The van der Waals surface area contributed by atoms with Crippen molar-refractivity contribution in [3.8, 4) is 0 Å². The van der Waals surface area contributed by atoms with Crippen LogP contribution < -0.4 is 5.32 Å². The maximum absolute atomic E-state index is 13.7. The van der Waals surface area contributed by atoms with Gasteiger partial charge in [-0.3, -0.25) is 9.59 Å². The molecule has 0 bridgehead atoms. The number of benzene rings is 1. The average Bonchev–Trinajstić information content (AvgIpc) is 3.59. The summed E-state index contributed by atoms with van der Waals surface area (Å²) in [4.78, 5) is 43.4. The zero-order valence-electron chi connectivity index (χ0n) is 20.7. The second kappa shape index (κ2) is 14.4. The highest BCUT2D eigenvalue weighted by Gasteiger charge is 2.29. The van der Waals surface area contributed by atoms with Gasteiger partial charge in [0.15, 0.2) is 0 Å². The molecule has 0 aliphatic rings. The molecule has 3 aromatic rings. The van der Waals surface area contributed by atoms with E-state index in [9.17, 15) is 14.4 Å². The molecule has 0 fully saturated rings. The van der Waals surface area contributed by atoms with E-state index in [2.05, 4.69) is 5.32 Å². The minimum atomic E-state index is -0.563. The van der Waals surface area contributed by atoms with E-state index in [0.29, 0.717) is 38.9 Å². The minimum absolute atomic E-state index is 0.0651. The van der Waals surface area contributed by atoms with Crippen LogP contribution in [0.2, 0.25) is 0 Å². The molecule has 0 saturated carbocycles. The van der Waals surface area contributed by atoms with Gasteiger partial charge in [-0.1, -0.05) is 42.5 Å². The number of amides is 3. The monoisotopic (exact) mass is 527 g/mol. The first-order valence-corrected chi connectivity index (χ1v) is 13.7. The molecule has 0 aliphatic carbocycles. The molecule has 0 spiro atoms. The van der Waals surface area contributed by atoms with Crippen molar-refractivity contribution < 1.29 is 19.1 Å². The second-order valence-electron chi connectivity index (χ2n) is 8.48. The van der Waals surface area contributed by atoms with Crippen LogP contribution in [0.25, 0.3) is 0 Å². The Bertz CT molecular complexity index is 1040. The van der Waals surface area contributed by atoms with Crippen LogP contribution in [0.4, 0.5) is 4.79 Å². The molecule has 3 rings (SSSR count). The van der Waals surface area contributed by atoms with Crippen molar-refractivity contribution in [3.63, 3.8) is 0 Å². The van der Waals surface area contributed by atoms with Crippen LogP contribution in [0.15, 0.2) is 65.4 Å². The number of carbonyl (C=O) groups is 3. The molecule has 0 aliphatic heterocycles. The van der Waals surface area contributed by atoms with E-state index >= 15 is 0 Å². The average molecular weight is 528 g/mol. The molecule has 0 radical (unpaired) electrons. The van der Waals surface area contributed by atoms with Gasteiger partial charge < -0.3 is 19.9 Å². The summed E-state index contributed by atoms with van der Waals surface area (Å²) in [5.74, 6) is -0.215. The van der Waals surface area contributed by atoms with E-state index in [1.807, 2.05) is 70.3 Å². The number of hydrogen-bond acceptors (Lipinski definition) is 6. The van der Waals surface area contributed by atoms with Gasteiger partial charge in [0.25, 0.3) is 0 Å². The van der Waals surface area contributed by atoms with Crippen LogP contribution in [-0.4, -0.2) is 47.3 Å². The van der Waals surface area contributed by atoms with E-state index < -0.39 is 12.1 Å². The lowest BCUT2D eigenvalue weighted by Crippen LogP contribution is -2.48. The lowest BCUT2D eigenvalue weighted by Gasteiger charge is -2.32. The molecular weight excluding hydrogens is 494 g/mol. The summed E-state index contributed by atoms with van der Waals surface area (Å²) in [6.45, 7) is 3.15. The summed E-state index contributed by atoms with van der Waals surface area (Å²) >= 11 is 3.23. The van der Waals surface area contributed by atoms with Crippen molar-refractivity contribution in [3.05, 3.63) is 80.7 Å². The zero-order chi connectivity index (χ0) is 25.8. The molecule has 36 heavy (non-hydrogen) atoms. The van der Waals surface area contributed by atoms with Gasteiger partial charge >= 0.3 is 6.09 Å². The summed E-state index contributed by atoms with van der Waals surface area (Å²) in [7, 11) is 1.68. The van der Waals surface area contributed by atoms with Gasteiger partial charge in [-0.05, 0) is 47.7 Å². The molecule has 2 heterocycles. The van der Waals surface area contributed by atoms with Crippen LogP contribution >= 0.6 is 22.7 Å². The maximum atomic E-state index is 13.7. The fourth-order valence-corrected chi connectivity index (χ4v) is 5.17. The van der Waals surface area contributed by atoms with Crippen molar-refractivity contribution in [2.45, 2.75) is 51.9 Å². The van der Waals surface area contributed by atoms with E-state index in [1.54, 1.807) is 29.7 Å². The highest BCUT2D eigenvalue weighted by atomic mass is 32.1. The first kappa shape index (κ1) is 27.4. The first-order chi connectivity index (χ1) is 17.4. The van der Waals surface area contributed by atoms with E-state index in [-0.39, 0.29) is 18.4 Å². The Balaban J connectivity index is 1.53. The Morgan fingerprint density at radius 3 is 2.11 bits per heavy atom. The van der Waals surface area contributed by atoms with E-state index in [4.69, 9.17) is 4.74 Å². The normalized spacial score (nSPS) is 11.5. The maximum Gasteiger partial charge on any atom is 0.407 e. The third-order valence-corrected chi connectivity index (χ3v) is 7.52. The highest BCUT2D eigenvalue weighted by Crippen LogP contribution is 2.20. The number of hydrogen-bond donors (Lipinski definition) is 1. The number of carbonyl (C=O) groups excluding carboxylic acids is 3. The number of likely N-dealkylation sites (N-methyl/N-ethyl adjacent to an activating group) is 1. The van der Waals surface area contributed by atoms with E-state index in [1.165, 1.54) is 11.8 Å². The van der Waals surface area contributed by atoms with Gasteiger partial charge in [0, 0.05) is 30.3 Å². The van der Waals surface area contributed by atoms with Crippen molar-refractivity contribution in [2.75, 3.05) is 13.6 Å². The third kappa shape index (κ3) is 8.80. The number of ether oxygens (including phenoxy) is 1. The number of nitrogens with one attached hydrogen (secondary N) is 1. The Morgan fingerprint density at radius 2 is 1.56 bits per heavy atom. The van der Waals surface area contributed by atoms with Crippen LogP contribution in [0, 0.1) is 0 Å². The Kier molecular flexibility index (Phi) is 11.0. The SMILES string of the molecule is CC(=O)N(C)[C@@H](CCCCNC(=O)OCc1ccccc1)C(=O)N(Cc1cccs1)Cc1cccs1. The summed E-state index contributed by atoms with van der Waals surface area (Å²) in [5.41, 5.74) is 0.927. The first-order valence-electron chi connectivity index (χ1n) is 12.0. The van der Waals surface area contributed by atoms with Crippen LogP contribution in [0.5, 0.6) is 0 Å². The fraction of sp³-hybridized carbons (Fsp3) is 0.370. The summed E-state index contributed by atoms with van der Waals surface area (Å²) in [5, 5.41) is 6.76. The van der Waals surface area contributed by atoms with Crippen LogP contribution in [0.1, 0.15) is 41.5 Å². The predicted molar refractivity (Wildman–Crippen MR) is 144 cm³/mol. The largest absolute Gasteiger partial charge is 0.445 e. The highest BCUT2D eigenvalue weighted by molar-refractivity contribution is 7.10. The molecule has 1 aromatic carbocycles. The van der Waals surface area contributed by atoms with Gasteiger partial charge in [-0.15, -0.1) is 22.7 Å². The quantitative estimate of drug-likeness (QED) is 0.307. The van der Waals surface area contributed by atoms with E-state index in [0.717, 1.165) is 15.3 Å². The Morgan fingerprint density at radius 1 is 0.917 bits per heavy atom. The molecule has 9 heteroatoms. The molecule has 2 aromatic heterocycles. The summed E-state index contributed by atoms with van der Waals surface area (Å²) in [6.07, 6.45) is 1.40. The lowest BCUT2D eigenvalue weighted by atomic mass is 10.1. The smallest absolute Gasteiger partial charge is 0.407 e. The Labute approximate surface area is 220 Å². The van der Waals surface area contributed by atoms with Gasteiger partial charge in [0.05, 0.1) is 13.1 Å².